The Hall–Kier alpha value is -4.09. The maximum Gasteiger partial charge on any atom is 0.231 e. The van der Waals surface area contributed by atoms with Gasteiger partial charge in [-0.1, -0.05) is 29.8 Å². The van der Waals surface area contributed by atoms with E-state index < -0.39 is 5.92 Å². The number of benzene rings is 3. The molecule has 0 aromatic heterocycles. The third-order valence-electron chi connectivity index (χ3n) is 5.71. The van der Waals surface area contributed by atoms with Crippen molar-refractivity contribution < 1.29 is 28.1 Å². The Bertz CT molecular complexity index is 1380. The van der Waals surface area contributed by atoms with Gasteiger partial charge in [0, 0.05) is 17.2 Å². The van der Waals surface area contributed by atoms with E-state index in [1.54, 1.807) is 42.5 Å². The lowest BCUT2D eigenvalue weighted by molar-refractivity contribution is 0.174. The number of hydrogen-bond acceptors (Lipinski definition) is 7. The molecule has 0 saturated carbocycles. The Morgan fingerprint density at radius 3 is 2.63 bits per heavy atom. The summed E-state index contributed by atoms with van der Waals surface area (Å²) in [5.74, 6) is 1.15. The number of nitriles is 1. The molecule has 2 heterocycles. The van der Waals surface area contributed by atoms with Gasteiger partial charge in [-0.25, -0.2) is 4.39 Å². The van der Waals surface area contributed by atoms with Crippen molar-refractivity contribution in [3.05, 3.63) is 87.5 Å². The van der Waals surface area contributed by atoms with E-state index in [0.29, 0.717) is 46.3 Å². The van der Waals surface area contributed by atoms with Crippen LogP contribution in [0.5, 0.6) is 28.7 Å². The molecule has 178 valence electrons. The molecule has 2 aliphatic heterocycles. The summed E-state index contributed by atoms with van der Waals surface area (Å²) in [6.07, 6.45) is 0. The predicted octanol–water partition coefficient (Wildman–Crippen LogP) is 5.40. The third-order valence-corrected chi connectivity index (χ3v) is 5.99. The number of allylic oxidation sites excluding steroid dienone is 1. The van der Waals surface area contributed by atoms with Gasteiger partial charge in [-0.05, 0) is 36.8 Å². The van der Waals surface area contributed by atoms with Crippen LogP contribution in [0.25, 0.3) is 0 Å². The van der Waals surface area contributed by atoms with Crippen molar-refractivity contribution in [2.75, 3.05) is 13.4 Å². The molecule has 2 aliphatic rings. The Kier molecular flexibility index (Phi) is 6.01. The van der Waals surface area contributed by atoms with Gasteiger partial charge in [0.05, 0.1) is 17.5 Å². The summed E-state index contributed by atoms with van der Waals surface area (Å²) in [6, 6.07) is 15.3. The first-order valence-electron chi connectivity index (χ1n) is 10.8. The smallest absolute Gasteiger partial charge is 0.231 e. The topological polar surface area (TPSA) is 96.0 Å². The molecular weight excluding hydrogens is 475 g/mol. The molecule has 9 heteroatoms. The lowest BCUT2D eigenvalue weighted by Gasteiger charge is -2.27. The Morgan fingerprint density at radius 1 is 1.11 bits per heavy atom. The second-order valence-electron chi connectivity index (χ2n) is 7.81. The summed E-state index contributed by atoms with van der Waals surface area (Å²) in [4.78, 5) is 0. The van der Waals surface area contributed by atoms with Crippen LogP contribution in [0.3, 0.4) is 0 Å². The van der Waals surface area contributed by atoms with Crippen molar-refractivity contribution in [1.82, 2.24) is 0 Å². The standard InChI is InChI=1S/C26H20ClFN2O5/c1-2-31-23-8-15(7-18(27)25(23)32-12-14-5-3-4-6-19(14)28)24-16-9-21-22(34-13-33-21)10-20(16)35-26(30)17(24)11-29/h3-10,24H,2,12-13,30H2,1H3/t24-/m0/s1. The Morgan fingerprint density at radius 2 is 1.89 bits per heavy atom. The van der Waals surface area contributed by atoms with Gasteiger partial charge < -0.3 is 29.4 Å². The van der Waals surface area contributed by atoms with Crippen LogP contribution in [0, 0.1) is 17.1 Å². The molecule has 35 heavy (non-hydrogen) atoms. The first kappa shape index (κ1) is 22.7. The van der Waals surface area contributed by atoms with Crippen LogP contribution < -0.4 is 29.4 Å². The van der Waals surface area contributed by atoms with E-state index in [2.05, 4.69) is 6.07 Å². The highest BCUT2D eigenvalue weighted by molar-refractivity contribution is 6.32. The van der Waals surface area contributed by atoms with Gasteiger partial charge in [-0.3, -0.25) is 0 Å². The molecule has 5 rings (SSSR count). The number of hydrogen-bond donors (Lipinski definition) is 1. The van der Waals surface area contributed by atoms with Gasteiger partial charge in [-0.2, -0.15) is 5.26 Å². The quantitative estimate of drug-likeness (QED) is 0.490. The summed E-state index contributed by atoms with van der Waals surface area (Å²) in [5, 5.41) is 10.1. The average molecular weight is 495 g/mol. The lowest BCUT2D eigenvalue weighted by Crippen LogP contribution is -2.21. The molecule has 7 nitrogen and oxygen atoms in total. The molecular formula is C26H20ClFN2O5. The zero-order chi connectivity index (χ0) is 24.5. The molecule has 0 unspecified atom stereocenters. The summed E-state index contributed by atoms with van der Waals surface area (Å²) in [6.45, 7) is 2.21. The minimum atomic E-state index is -0.601. The zero-order valence-electron chi connectivity index (χ0n) is 18.6. The Balaban J connectivity index is 1.58. The van der Waals surface area contributed by atoms with E-state index in [4.69, 9.17) is 41.0 Å². The van der Waals surface area contributed by atoms with Gasteiger partial charge in [0.1, 0.15) is 29.8 Å². The molecule has 3 aromatic carbocycles. The average Bonchev–Trinajstić information content (AvgIpc) is 3.30. The highest BCUT2D eigenvalue weighted by Gasteiger charge is 2.34. The highest BCUT2D eigenvalue weighted by Crippen LogP contribution is 2.50. The molecule has 0 aliphatic carbocycles. The van der Waals surface area contributed by atoms with E-state index in [1.165, 1.54) is 6.07 Å². The van der Waals surface area contributed by atoms with Crippen molar-refractivity contribution >= 4 is 11.6 Å². The number of rotatable bonds is 6. The fraction of sp³-hybridized carbons (Fsp3) is 0.192. The molecule has 0 spiro atoms. The molecule has 0 fully saturated rings. The fourth-order valence-corrected chi connectivity index (χ4v) is 4.39. The van der Waals surface area contributed by atoms with Crippen LogP contribution in [0.15, 0.2) is 60.0 Å². The number of nitrogens with zero attached hydrogens (tertiary/aromatic N) is 1. The largest absolute Gasteiger partial charge is 0.490 e. The molecule has 3 aromatic rings. The zero-order valence-corrected chi connectivity index (χ0v) is 19.4. The van der Waals surface area contributed by atoms with E-state index in [0.717, 1.165) is 0 Å². The number of nitrogens with two attached hydrogens (primary N) is 1. The number of ether oxygens (including phenoxy) is 5. The number of halogens is 2. The summed E-state index contributed by atoms with van der Waals surface area (Å²) < 4.78 is 42.5. The highest BCUT2D eigenvalue weighted by atomic mass is 35.5. The lowest BCUT2D eigenvalue weighted by atomic mass is 9.83. The van der Waals surface area contributed by atoms with Gasteiger partial charge in [0.15, 0.2) is 23.0 Å². The van der Waals surface area contributed by atoms with Crippen molar-refractivity contribution in [2.24, 2.45) is 5.73 Å². The molecule has 0 saturated heterocycles. The van der Waals surface area contributed by atoms with Crippen LogP contribution in [0.2, 0.25) is 5.02 Å². The van der Waals surface area contributed by atoms with E-state index in [9.17, 15) is 9.65 Å². The maximum absolute atomic E-state index is 14.1. The van der Waals surface area contributed by atoms with Gasteiger partial charge in [0.2, 0.25) is 12.7 Å². The van der Waals surface area contributed by atoms with Crippen molar-refractivity contribution in [3.63, 3.8) is 0 Å². The minimum absolute atomic E-state index is 0.0159. The second kappa shape index (κ2) is 9.28. The van der Waals surface area contributed by atoms with E-state index >= 15 is 0 Å². The van der Waals surface area contributed by atoms with Crippen LogP contribution in [-0.4, -0.2) is 13.4 Å². The second-order valence-corrected chi connectivity index (χ2v) is 8.22. The molecule has 0 bridgehead atoms. The fourth-order valence-electron chi connectivity index (χ4n) is 4.11. The van der Waals surface area contributed by atoms with Crippen LogP contribution >= 0.6 is 11.6 Å². The minimum Gasteiger partial charge on any atom is -0.490 e. The van der Waals surface area contributed by atoms with Gasteiger partial charge in [-0.15, -0.1) is 0 Å². The first-order chi connectivity index (χ1) is 17.0. The summed E-state index contributed by atoms with van der Waals surface area (Å²) in [7, 11) is 0. The molecule has 0 radical (unpaired) electrons. The molecule has 0 amide bonds. The monoisotopic (exact) mass is 494 g/mol. The Labute approximate surface area is 206 Å². The number of fused-ring (bicyclic) bond motifs is 2. The van der Waals surface area contributed by atoms with Gasteiger partial charge in [0.25, 0.3) is 0 Å². The van der Waals surface area contributed by atoms with Crippen LogP contribution in [0.1, 0.15) is 29.5 Å². The summed E-state index contributed by atoms with van der Waals surface area (Å²) in [5.41, 5.74) is 8.01. The van der Waals surface area contributed by atoms with Crippen molar-refractivity contribution in [2.45, 2.75) is 19.4 Å². The van der Waals surface area contributed by atoms with Gasteiger partial charge >= 0.3 is 0 Å². The van der Waals surface area contributed by atoms with Crippen LogP contribution in [0.4, 0.5) is 4.39 Å². The van der Waals surface area contributed by atoms with Crippen molar-refractivity contribution in [3.8, 4) is 34.8 Å². The van der Waals surface area contributed by atoms with Crippen LogP contribution in [-0.2, 0) is 6.61 Å². The predicted molar refractivity (Wildman–Crippen MR) is 125 cm³/mol. The maximum atomic E-state index is 14.1. The molecule has 1 atom stereocenters. The molecule has 2 N–H and O–H groups in total. The van der Waals surface area contributed by atoms with Crippen molar-refractivity contribution in [1.29, 1.82) is 5.26 Å². The van der Waals surface area contributed by atoms with E-state index in [-0.39, 0.29) is 41.4 Å². The summed E-state index contributed by atoms with van der Waals surface area (Å²) >= 11 is 6.64. The van der Waals surface area contributed by atoms with E-state index in [1.807, 2.05) is 6.92 Å². The SMILES string of the molecule is CCOc1cc([C@@H]2C(C#N)=C(N)Oc3cc4c(cc32)OCO4)cc(Cl)c1OCc1ccccc1F. The third kappa shape index (κ3) is 4.15. The first-order valence-corrected chi connectivity index (χ1v) is 11.2. The normalized spacial score (nSPS) is 15.8.